The van der Waals surface area contributed by atoms with Gasteiger partial charge in [0.1, 0.15) is 19.3 Å². The molecule has 0 heterocycles. The predicted molar refractivity (Wildman–Crippen MR) is 112 cm³/mol. The van der Waals surface area contributed by atoms with Crippen LogP contribution < -0.4 is 5.73 Å². The van der Waals surface area contributed by atoms with E-state index in [9.17, 15) is 14.4 Å². The second-order valence-electron chi connectivity index (χ2n) is 6.82. The van der Waals surface area contributed by atoms with Gasteiger partial charge in [-0.1, -0.05) is 60.7 Å². The number of imide groups is 1. The second-order valence-corrected chi connectivity index (χ2v) is 6.82. The summed E-state index contributed by atoms with van der Waals surface area (Å²) in [6.07, 6.45) is 0.607. The van der Waals surface area contributed by atoms with Crippen molar-refractivity contribution in [1.82, 2.24) is 4.90 Å². The molecule has 0 saturated heterocycles. The summed E-state index contributed by atoms with van der Waals surface area (Å²) in [5.41, 5.74) is 7.14. The van der Waals surface area contributed by atoms with E-state index < -0.39 is 24.0 Å². The van der Waals surface area contributed by atoms with Crippen LogP contribution in [-0.4, -0.2) is 35.5 Å². The number of ether oxygens (including phenoxy) is 2. The van der Waals surface area contributed by atoms with Gasteiger partial charge in [-0.3, -0.25) is 4.79 Å². The largest absolute Gasteiger partial charge is 0.459 e. The Morgan fingerprint density at radius 3 is 1.90 bits per heavy atom. The number of hydrogen-bond acceptors (Lipinski definition) is 6. The molecule has 7 heteroatoms. The standard InChI is InChI=1S/C23H28N2O5/c1-18(26)25(23(28)30-17-20-12-6-3-7-13-20)21(14-8-9-15-24)22(27)29-16-19-10-4-2-5-11-19/h2-7,10-13,21H,8-9,14-17,24H2,1H3/t21-/m0/s1. The van der Waals surface area contributed by atoms with Crippen LogP contribution in [0.4, 0.5) is 4.79 Å². The SMILES string of the molecule is CC(=O)N(C(=O)OCc1ccccc1)[C@@H](CCCCN)C(=O)OCc1ccccc1. The van der Waals surface area contributed by atoms with Crippen molar-refractivity contribution in [2.24, 2.45) is 5.73 Å². The summed E-state index contributed by atoms with van der Waals surface area (Å²) in [5.74, 6) is -1.23. The number of amides is 2. The lowest BCUT2D eigenvalue weighted by Crippen LogP contribution is -2.48. The van der Waals surface area contributed by atoms with E-state index in [1.54, 1.807) is 12.1 Å². The van der Waals surface area contributed by atoms with Crippen LogP contribution in [-0.2, 0) is 32.3 Å². The first-order valence-electron chi connectivity index (χ1n) is 9.94. The van der Waals surface area contributed by atoms with Gasteiger partial charge in [-0.25, -0.2) is 14.5 Å². The van der Waals surface area contributed by atoms with Crippen molar-refractivity contribution in [3.05, 3.63) is 71.8 Å². The molecular weight excluding hydrogens is 384 g/mol. The molecule has 2 amide bonds. The molecule has 0 bridgehead atoms. The van der Waals surface area contributed by atoms with Gasteiger partial charge >= 0.3 is 12.1 Å². The Labute approximate surface area is 176 Å². The fourth-order valence-electron chi connectivity index (χ4n) is 2.92. The Bertz CT molecular complexity index is 811. The molecule has 1 atom stereocenters. The van der Waals surface area contributed by atoms with Crippen molar-refractivity contribution < 1.29 is 23.9 Å². The number of carbonyl (C=O) groups is 3. The van der Waals surface area contributed by atoms with Gasteiger partial charge < -0.3 is 15.2 Å². The topological polar surface area (TPSA) is 98.9 Å². The van der Waals surface area contributed by atoms with Crippen molar-refractivity contribution in [3.63, 3.8) is 0 Å². The van der Waals surface area contributed by atoms with E-state index in [2.05, 4.69) is 0 Å². The molecule has 0 fully saturated rings. The van der Waals surface area contributed by atoms with Gasteiger partial charge in [0.2, 0.25) is 5.91 Å². The molecule has 0 unspecified atom stereocenters. The number of rotatable bonds is 10. The minimum absolute atomic E-state index is 0.00195. The molecule has 0 aliphatic rings. The molecule has 2 N–H and O–H groups in total. The van der Waals surface area contributed by atoms with Crippen LogP contribution in [0.25, 0.3) is 0 Å². The average molecular weight is 412 g/mol. The maximum atomic E-state index is 12.8. The average Bonchev–Trinajstić information content (AvgIpc) is 2.76. The summed E-state index contributed by atoms with van der Waals surface area (Å²) in [7, 11) is 0. The summed E-state index contributed by atoms with van der Waals surface area (Å²) >= 11 is 0. The van der Waals surface area contributed by atoms with Crippen molar-refractivity contribution in [2.75, 3.05) is 6.54 Å². The monoisotopic (exact) mass is 412 g/mol. The van der Waals surface area contributed by atoms with Gasteiger partial charge in [-0.2, -0.15) is 0 Å². The zero-order valence-corrected chi connectivity index (χ0v) is 17.2. The summed E-state index contributed by atoms with van der Waals surface area (Å²) < 4.78 is 10.7. The van der Waals surface area contributed by atoms with Crippen LogP contribution in [0, 0.1) is 0 Å². The lowest BCUT2D eigenvalue weighted by atomic mass is 10.1. The smallest absolute Gasteiger partial charge is 0.417 e. The fourth-order valence-corrected chi connectivity index (χ4v) is 2.92. The van der Waals surface area contributed by atoms with Crippen LogP contribution in [0.1, 0.15) is 37.3 Å². The third-order valence-electron chi connectivity index (χ3n) is 4.48. The van der Waals surface area contributed by atoms with Gasteiger partial charge in [-0.15, -0.1) is 0 Å². The lowest BCUT2D eigenvalue weighted by Gasteiger charge is -2.27. The molecule has 30 heavy (non-hydrogen) atoms. The molecule has 0 saturated carbocycles. The number of nitrogens with two attached hydrogens (primary N) is 1. The highest BCUT2D eigenvalue weighted by atomic mass is 16.6. The van der Waals surface area contributed by atoms with Crippen molar-refractivity contribution in [3.8, 4) is 0 Å². The summed E-state index contributed by atoms with van der Waals surface area (Å²) in [6, 6.07) is 17.2. The first-order valence-corrected chi connectivity index (χ1v) is 9.94. The Hall–Kier alpha value is -3.19. The molecule has 7 nitrogen and oxygen atoms in total. The Morgan fingerprint density at radius 2 is 1.40 bits per heavy atom. The van der Waals surface area contributed by atoms with Crippen molar-refractivity contribution in [2.45, 2.75) is 45.4 Å². The number of esters is 1. The third kappa shape index (κ3) is 7.33. The van der Waals surface area contributed by atoms with E-state index in [-0.39, 0.29) is 19.6 Å². The van der Waals surface area contributed by atoms with E-state index in [1.165, 1.54) is 6.92 Å². The summed E-state index contributed by atoms with van der Waals surface area (Å²) in [6.45, 7) is 1.73. The van der Waals surface area contributed by atoms with E-state index in [1.807, 2.05) is 48.5 Å². The number of nitrogens with zero attached hydrogens (tertiary/aromatic N) is 1. The van der Waals surface area contributed by atoms with Crippen LogP contribution in [0.15, 0.2) is 60.7 Å². The summed E-state index contributed by atoms with van der Waals surface area (Å²) in [5, 5.41) is 0. The molecule has 0 aliphatic carbocycles. The molecule has 0 radical (unpaired) electrons. The molecule has 160 valence electrons. The van der Waals surface area contributed by atoms with Gasteiger partial charge in [0, 0.05) is 6.92 Å². The molecule has 0 spiro atoms. The number of benzene rings is 2. The maximum absolute atomic E-state index is 12.8. The number of carbonyl (C=O) groups excluding carboxylic acids is 3. The van der Waals surface area contributed by atoms with Crippen LogP contribution >= 0.6 is 0 Å². The van der Waals surface area contributed by atoms with Crippen LogP contribution in [0.5, 0.6) is 0 Å². The third-order valence-corrected chi connectivity index (χ3v) is 4.48. The Kier molecular flexibility index (Phi) is 9.54. The zero-order valence-electron chi connectivity index (χ0n) is 17.2. The minimum atomic E-state index is -1.07. The van der Waals surface area contributed by atoms with Crippen LogP contribution in [0.3, 0.4) is 0 Å². The first-order chi connectivity index (χ1) is 14.5. The van der Waals surface area contributed by atoms with Crippen molar-refractivity contribution in [1.29, 1.82) is 0 Å². The Morgan fingerprint density at radius 1 is 0.867 bits per heavy atom. The molecule has 0 aromatic heterocycles. The molecule has 2 rings (SSSR count). The number of unbranched alkanes of at least 4 members (excludes halogenated alkanes) is 1. The normalized spacial score (nSPS) is 11.4. The lowest BCUT2D eigenvalue weighted by molar-refractivity contribution is -0.155. The highest BCUT2D eigenvalue weighted by Gasteiger charge is 2.35. The molecule has 0 aliphatic heterocycles. The zero-order chi connectivity index (χ0) is 21.8. The maximum Gasteiger partial charge on any atom is 0.417 e. The van der Waals surface area contributed by atoms with Gasteiger partial charge in [0.25, 0.3) is 0 Å². The summed E-state index contributed by atoms with van der Waals surface area (Å²) in [4.78, 5) is 38.5. The molecule has 2 aromatic carbocycles. The number of hydrogen-bond donors (Lipinski definition) is 1. The van der Waals surface area contributed by atoms with E-state index in [0.29, 0.717) is 19.4 Å². The van der Waals surface area contributed by atoms with E-state index >= 15 is 0 Å². The predicted octanol–water partition coefficient (Wildman–Crippen LogP) is 3.41. The molecule has 2 aromatic rings. The highest BCUT2D eigenvalue weighted by molar-refractivity contribution is 5.95. The van der Waals surface area contributed by atoms with Gasteiger partial charge in [-0.05, 0) is 36.9 Å². The van der Waals surface area contributed by atoms with E-state index in [0.717, 1.165) is 16.0 Å². The van der Waals surface area contributed by atoms with Gasteiger partial charge in [0.15, 0.2) is 0 Å². The quantitative estimate of drug-likeness (QED) is 0.474. The highest BCUT2D eigenvalue weighted by Crippen LogP contribution is 2.15. The van der Waals surface area contributed by atoms with Crippen molar-refractivity contribution >= 4 is 18.0 Å². The second kappa shape index (κ2) is 12.4. The Balaban J connectivity index is 2.09. The minimum Gasteiger partial charge on any atom is -0.459 e. The fraction of sp³-hybridized carbons (Fsp3) is 0.348. The molecular formula is C23H28N2O5. The first kappa shape index (κ1) is 23.1. The van der Waals surface area contributed by atoms with Gasteiger partial charge in [0.05, 0.1) is 0 Å². The van der Waals surface area contributed by atoms with E-state index in [4.69, 9.17) is 15.2 Å². The van der Waals surface area contributed by atoms with Crippen LogP contribution in [0.2, 0.25) is 0 Å².